The van der Waals surface area contributed by atoms with Crippen LogP contribution in [0.25, 0.3) is 0 Å². The zero-order valence-electron chi connectivity index (χ0n) is 9.52. The summed E-state index contributed by atoms with van der Waals surface area (Å²) in [6.07, 6.45) is 4.27. The fourth-order valence-electron chi connectivity index (χ4n) is 1.43. The fraction of sp³-hybridized carbons (Fsp3) is 0.200. The summed E-state index contributed by atoms with van der Waals surface area (Å²) in [6.45, 7) is 0. The van der Waals surface area contributed by atoms with E-state index in [4.69, 9.17) is 0 Å². The van der Waals surface area contributed by atoms with Gasteiger partial charge in [-0.15, -0.1) is 0 Å². The molecule has 0 N–H and O–H groups in total. The van der Waals surface area contributed by atoms with E-state index < -0.39 is 16.1 Å². The lowest BCUT2D eigenvalue weighted by molar-refractivity contribution is -0.391. The summed E-state index contributed by atoms with van der Waals surface area (Å²) in [5, 5.41) is 10.7. The Kier molecular flexibility index (Phi) is 3.58. The number of rotatable bonds is 4. The molecule has 2 aromatic rings. The van der Waals surface area contributed by atoms with Crippen molar-refractivity contribution in [1.29, 1.82) is 0 Å². The van der Waals surface area contributed by atoms with Gasteiger partial charge in [0.05, 0.1) is 7.05 Å². The van der Waals surface area contributed by atoms with E-state index in [1.54, 1.807) is 24.5 Å². The first-order valence-electron chi connectivity index (χ1n) is 5.03. The summed E-state index contributed by atoms with van der Waals surface area (Å²) < 4.78 is 13.3. The minimum absolute atomic E-state index is 0.114. The van der Waals surface area contributed by atoms with Gasteiger partial charge >= 0.3 is 5.82 Å². The van der Waals surface area contributed by atoms with E-state index in [1.807, 2.05) is 0 Å². The zero-order valence-corrected chi connectivity index (χ0v) is 10.3. The monoisotopic (exact) mass is 266 g/mol. The van der Waals surface area contributed by atoms with Crippen LogP contribution in [0.1, 0.15) is 5.82 Å². The van der Waals surface area contributed by atoms with Crippen molar-refractivity contribution < 1.29 is 9.48 Å². The lowest BCUT2D eigenvalue weighted by atomic mass is 10.5. The molecule has 8 heteroatoms. The van der Waals surface area contributed by atoms with Crippen molar-refractivity contribution >= 4 is 17.0 Å². The number of aromatic nitrogens is 3. The third-order valence-electron chi connectivity index (χ3n) is 2.42. The number of pyridine rings is 1. The summed E-state index contributed by atoms with van der Waals surface area (Å²) in [5.74, 6) is 0.433. The maximum Gasteiger partial charge on any atom is 0.342 e. The molecule has 0 aliphatic rings. The van der Waals surface area contributed by atoms with Gasteiger partial charge in [0, 0.05) is 24.5 Å². The van der Waals surface area contributed by atoms with Gasteiger partial charge in [-0.25, -0.2) is 9.55 Å². The zero-order chi connectivity index (χ0) is 13.1. The highest BCUT2D eigenvalue weighted by molar-refractivity contribution is 7.90. The molecule has 0 aliphatic carbocycles. The average molecular weight is 266 g/mol. The van der Waals surface area contributed by atoms with Crippen LogP contribution in [0, 0.1) is 10.1 Å². The molecule has 0 saturated carbocycles. The first-order chi connectivity index (χ1) is 8.59. The second-order valence-electron chi connectivity index (χ2n) is 3.52. The number of nitro groups is 1. The summed E-state index contributed by atoms with van der Waals surface area (Å²) >= 11 is -1.29. The van der Waals surface area contributed by atoms with Crippen LogP contribution in [0.5, 0.6) is 0 Å². The number of hydrogen-bond donors (Lipinski definition) is 0. The Morgan fingerprint density at radius 1 is 1.44 bits per heavy atom. The summed E-state index contributed by atoms with van der Waals surface area (Å²) in [4.78, 5) is 18.5. The standard InChI is InChI=1S/C10H10N4O3S/c1-13-9(12-6-10(13)14(15)16)7-18(17)8-2-4-11-5-3-8/h2-6H,7H2,1H3. The van der Waals surface area contributed by atoms with E-state index in [0.717, 1.165) is 0 Å². The Labute approximate surface area is 106 Å². The average Bonchev–Trinajstić information content (AvgIpc) is 2.72. The number of nitrogens with zero attached hydrogens (tertiary/aromatic N) is 4. The Morgan fingerprint density at radius 2 is 2.11 bits per heavy atom. The Bertz CT molecular complexity index is 558. The predicted octanol–water partition coefficient (Wildman–Crippen LogP) is 1.03. The van der Waals surface area contributed by atoms with Crippen molar-refractivity contribution in [2.24, 2.45) is 7.05 Å². The number of hydrogen-bond acceptors (Lipinski definition) is 5. The highest BCUT2D eigenvalue weighted by Crippen LogP contribution is 2.18. The van der Waals surface area contributed by atoms with Crippen LogP contribution in [0.4, 0.5) is 5.82 Å². The van der Waals surface area contributed by atoms with Gasteiger partial charge in [-0.2, -0.15) is 0 Å². The molecular formula is C10H10N4O3S. The Hall–Kier alpha value is -1.93. The van der Waals surface area contributed by atoms with Crippen molar-refractivity contribution in [2.45, 2.75) is 10.6 Å². The van der Waals surface area contributed by atoms with Gasteiger partial charge in [0.15, 0.2) is 10.6 Å². The summed E-state index contributed by atoms with van der Waals surface area (Å²) in [5.41, 5.74) is 0. The molecule has 0 aromatic carbocycles. The van der Waals surface area contributed by atoms with E-state index in [0.29, 0.717) is 10.7 Å². The molecule has 1 atom stereocenters. The SMILES string of the molecule is Cn1c([N+](=O)[O-])cnc1C[S+]([O-])c1ccncc1. The molecule has 0 radical (unpaired) electrons. The van der Waals surface area contributed by atoms with Crippen molar-refractivity contribution in [3.63, 3.8) is 0 Å². The maximum atomic E-state index is 12.0. The van der Waals surface area contributed by atoms with E-state index >= 15 is 0 Å². The van der Waals surface area contributed by atoms with Crippen molar-refractivity contribution in [3.8, 4) is 0 Å². The molecule has 0 amide bonds. The normalized spacial score (nSPS) is 12.3. The molecule has 2 heterocycles. The fourth-order valence-corrected chi connectivity index (χ4v) is 2.53. The summed E-state index contributed by atoms with van der Waals surface area (Å²) in [7, 11) is 1.53. The largest absolute Gasteiger partial charge is 0.611 e. The molecule has 0 fully saturated rings. The van der Waals surface area contributed by atoms with Crippen LogP contribution in [0.15, 0.2) is 35.6 Å². The molecule has 0 spiro atoms. The van der Waals surface area contributed by atoms with Gasteiger partial charge in [-0.05, 0) is 16.1 Å². The van der Waals surface area contributed by atoms with Crippen LogP contribution >= 0.6 is 0 Å². The van der Waals surface area contributed by atoms with Crippen molar-refractivity contribution in [3.05, 3.63) is 46.7 Å². The van der Waals surface area contributed by atoms with Crippen LogP contribution in [0.3, 0.4) is 0 Å². The van der Waals surface area contributed by atoms with Gasteiger partial charge in [0.2, 0.25) is 5.82 Å². The molecule has 18 heavy (non-hydrogen) atoms. The topological polar surface area (TPSA) is 96.9 Å². The quantitative estimate of drug-likeness (QED) is 0.467. The van der Waals surface area contributed by atoms with Crippen molar-refractivity contribution in [2.75, 3.05) is 0 Å². The van der Waals surface area contributed by atoms with E-state index in [9.17, 15) is 14.7 Å². The minimum Gasteiger partial charge on any atom is -0.611 e. The molecule has 0 saturated heterocycles. The van der Waals surface area contributed by atoms with Gasteiger partial charge in [0.25, 0.3) is 0 Å². The van der Waals surface area contributed by atoms with Crippen LogP contribution in [0.2, 0.25) is 0 Å². The number of imidazole rings is 1. The molecule has 1 unspecified atom stereocenters. The van der Waals surface area contributed by atoms with E-state index in [1.165, 1.54) is 17.8 Å². The Morgan fingerprint density at radius 3 is 2.67 bits per heavy atom. The highest BCUT2D eigenvalue weighted by Gasteiger charge is 2.22. The second kappa shape index (κ2) is 5.15. The molecule has 0 bridgehead atoms. The van der Waals surface area contributed by atoms with Crippen LogP contribution in [-0.4, -0.2) is 24.0 Å². The molecule has 2 aromatic heterocycles. The van der Waals surface area contributed by atoms with Gasteiger partial charge in [-0.1, -0.05) is 0 Å². The van der Waals surface area contributed by atoms with E-state index in [-0.39, 0.29) is 11.6 Å². The van der Waals surface area contributed by atoms with Crippen LogP contribution in [-0.2, 0) is 24.0 Å². The lowest BCUT2D eigenvalue weighted by Gasteiger charge is -2.07. The summed E-state index contributed by atoms with van der Waals surface area (Å²) in [6, 6.07) is 3.29. The third-order valence-corrected chi connectivity index (χ3v) is 3.74. The predicted molar refractivity (Wildman–Crippen MR) is 64.2 cm³/mol. The second-order valence-corrected chi connectivity index (χ2v) is 4.97. The molecule has 94 valence electrons. The molecular weight excluding hydrogens is 256 g/mol. The van der Waals surface area contributed by atoms with Gasteiger partial charge < -0.3 is 14.7 Å². The first-order valence-corrected chi connectivity index (χ1v) is 6.35. The third kappa shape index (κ3) is 2.49. The maximum absolute atomic E-state index is 12.0. The first kappa shape index (κ1) is 12.5. The smallest absolute Gasteiger partial charge is 0.342 e. The molecule has 7 nitrogen and oxygen atoms in total. The lowest BCUT2D eigenvalue weighted by Crippen LogP contribution is -2.10. The van der Waals surface area contributed by atoms with Gasteiger partial charge in [0.1, 0.15) is 6.20 Å². The highest BCUT2D eigenvalue weighted by atomic mass is 32.2. The van der Waals surface area contributed by atoms with Gasteiger partial charge in [-0.3, -0.25) is 4.98 Å². The molecule has 0 aliphatic heterocycles. The van der Waals surface area contributed by atoms with Crippen LogP contribution < -0.4 is 0 Å². The Balaban J connectivity index is 2.17. The minimum atomic E-state index is -1.29. The van der Waals surface area contributed by atoms with Crippen molar-refractivity contribution in [1.82, 2.24) is 14.5 Å². The van der Waals surface area contributed by atoms with E-state index in [2.05, 4.69) is 9.97 Å². The molecule has 2 rings (SSSR count).